The van der Waals surface area contributed by atoms with Gasteiger partial charge in [0.15, 0.2) is 14.3 Å². The fourth-order valence-corrected chi connectivity index (χ4v) is 13.2. The smallest absolute Gasteiger partial charge is 0.171 e. The topological polar surface area (TPSA) is 34.1 Å². The van der Waals surface area contributed by atoms with Crippen LogP contribution in [0.1, 0.15) is 0 Å². The summed E-state index contributed by atoms with van der Waals surface area (Å²) in [7, 11) is -6.55. The molecule has 0 aliphatic heterocycles. The zero-order valence-electron chi connectivity index (χ0n) is 29.5. The third-order valence-corrected chi connectivity index (χ3v) is 16.5. The summed E-state index contributed by atoms with van der Waals surface area (Å²) in [4.78, 5) is 0. The molecule has 0 aliphatic rings. The molecular formula is C50H36O2P2. The summed E-state index contributed by atoms with van der Waals surface area (Å²) in [6.45, 7) is 0. The summed E-state index contributed by atoms with van der Waals surface area (Å²) < 4.78 is 31.4. The Labute approximate surface area is 316 Å². The lowest BCUT2D eigenvalue weighted by Crippen LogP contribution is -2.25. The Kier molecular flexibility index (Phi) is 8.80. The van der Waals surface area contributed by atoms with Crippen molar-refractivity contribution in [3.05, 3.63) is 218 Å². The van der Waals surface area contributed by atoms with Crippen LogP contribution in [0.3, 0.4) is 0 Å². The number of rotatable bonds is 8. The van der Waals surface area contributed by atoms with Crippen molar-refractivity contribution in [1.29, 1.82) is 0 Å². The van der Waals surface area contributed by atoms with E-state index in [4.69, 9.17) is 0 Å². The Bertz CT molecular complexity index is 2550. The highest BCUT2D eigenvalue weighted by atomic mass is 31.2. The quantitative estimate of drug-likeness (QED) is 0.115. The van der Waals surface area contributed by atoms with Crippen LogP contribution < -0.4 is 31.8 Å². The van der Waals surface area contributed by atoms with Crippen LogP contribution in [-0.2, 0) is 9.13 Å². The van der Waals surface area contributed by atoms with Gasteiger partial charge in [0, 0.05) is 31.8 Å². The van der Waals surface area contributed by atoms with Crippen LogP contribution in [0.5, 0.6) is 0 Å². The minimum Gasteiger partial charge on any atom is -0.309 e. The lowest BCUT2D eigenvalue weighted by atomic mass is 9.86. The van der Waals surface area contributed by atoms with Crippen LogP contribution in [0, 0.1) is 0 Å². The van der Waals surface area contributed by atoms with Gasteiger partial charge in [-0.25, -0.2) is 0 Å². The van der Waals surface area contributed by atoms with Crippen molar-refractivity contribution in [2.24, 2.45) is 0 Å². The van der Waals surface area contributed by atoms with Crippen LogP contribution in [-0.4, -0.2) is 0 Å². The van der Waals surface area contributed by atoms with Crippen LogP contribution in [0.25, 0.3) is 43.8 Å². The SMILES string of the molecule is O=P(c1ccccc1)(c1ccccc1)c1ccc2c(-c3ccccc3)c3cc(P(=O)(c4ccccc4)c4ccccc4)ccc3c(-c3ccccc3)c2c1. The molecule has 0 saturated carbocycles. The van der Waals surface area contributed by atoms with Crippen molar-refractivity contribution in [3.8, 4) is 22.3 Å². The molecular weight excluding hydrogens is 694 g/mol. The monoisotopic (exact) mass is 730 g/mol. The molecule has 0 amide bonds. The van der Waals surface area contributed by atoms with E-state index in [-0.39, 0.29) is 0 Å². The van der Waals surface area contributed by atoms with Gasteiger partial charge in [0.2, 0.25) is 0 Å². The van der Waals surface area contributed by atoms with E-state index in [9.17, 15) is 0 Å². The molecule has 0 aromatic heterocycles. The molecule has 0 heterocycles. The molecule has 0 spiro atoms. The predicted octanol–water partition coefficient (Wildman–Crippen LogP) is 10.6. The minimum absolute atomic E-state index is 0.775. The average molecular weight is 731 g/mol. The van der Waals surface area contributed by atoms with E-state index < -0.39 is 14.3 Å². The van der Waals surface area contributed by atoms with Crippen molar-refractivity contribution < 1.29 is 9.13 Å². The van der Waals surface area contributed by atoms with E-state index in [1.54, 1.807) is 0 Å². The van der Waals surface area contributed by atoms with Gasteiger partial charge in [-0.2, -0.15) is 0 Å². The maximum Gasteiger partial charge on any atom is 0.171 e. The van der Waals surface area contributed by atoms with Crippen molar-refractivity contribution in [2.75, 3.05) is 0 Å². The lowest BCUT2D eigenvalue weighted by molar-refractivity contribution is 0.591. The fourth-order valence-electron chi connectivity index (χ4n) is 7.87. The van der Waals surface area contributed by atoms with Gasteiger partial charge in [-0.1, -0.05) is 206 Å². The highest BCUT2D eigenvalue weighted by Crippen LogP contribution is 2.49. The summed E-state index contributed by atoms with van der Waals surface area (Å²) in [5.74, 6) is 0. The third-order valence-electron chi connectivity index (χ3n) is 10.4. The third kappa shape index (κ3) is 5.67. The normalized spacial score (nSPS) is 11.9. The Morgan fingerprint density at radius 2 is 0.500 bits per heavy atom. The first-order chi connectivity index (χ1) is 26.6. The molecule has 54 heavy (non-hydrogen) atoms. The Balaban J connectivity index is 1.41. The number of fused-ring (bicyclic) bond motifs is 2. The van der Waals surface area contributed by atoms with Crippen molar-refractivity contribution in [3.63, 3.8) is 0 Å². The maximum absolute atomic E-state index is 15.7. The van der Waals surface area contributed by atoms with Gasteiger partial charge in [0.25, 0.3) is 0 Å². The van der Waals surface area contributed by atoms with Gasteiger partial charge in [-0.3, -0.25) is 0 Å². The van der Waals surface area contributed by atoms with Crippen LogP contribution in [0.4, 0.5) is 0 Å². The van der Waals surface area contributed by atoms with Gasteiger partial charge < -0.3 is 9.13 Å². The summed E-state index contributed by atoms with van der Waals surface area (Å²) in [5, 5.41) is 8.83. The first-order valence-corrected chi connectivity index (χ1v) is 21.6. The fraction of sp³-hybridized carbons (Fsp3) is 0. The predicted molar refractivity (Wildman–Crippen MR) is 231 cm³/mol. The summed E-state index contributed by atoms with van der Waals surface area (Å²) in [6, 6.07) is 73.0. The van der Waals surface area contributed by atoms with E-state index in [1.165, 1.54) is 0 Å². The molecule has 0 atom stereocenters. The molecule has 0 N–H and O–H groups in total. The number of benzene rings is 9. The first kappa shape index (κ1) is 33.8. The summed E-state index contributed by atoms with van der Waals surface area (Å²) >= 11 is 0. The Hall–Kier alpha value is -6.04. The zero-order valence-corrected chi connectivity index (χ0v) is 31.3. The second-order valence-corrected chi connectivity index (χ2v) is 19.0. The molecule has 0 radical (unpaired) electrons. The molecule has 9 aromatic rings. The maximum atomic E-state index is 15.7. The van der Waals surface area contributed by atoms with Gasteiger partial charge in [-0.05, 0) is 55.9 Å². The molecule has 0 fully saturated rings. The van der Waals surface area contributed by atoms with Crippen molar-refractivity contribution in [2.45, 2.75) is 0 Å². The second-order valence-electron chi connectivity index (χ2n) is 13.5. The highest BCUT2D eigenvalue weighted by Gasteiger charge is 2.32. The Morgan fingerprint density at radius 1 is 0.241 bits per heavy atom. The summed E-state index contributed by atoms with van der Waals surface area (Å²) in [5.41, 5.74) is 4.22. The molecule has 4 heteroatoms. The zero-order chi connectivity index (χ0) is 36.5. The highest BCUT2D eigenvalue weighted by molar-refractivity contribution is 7.85. The largest absolute Gasteiger partial charge is 0.309 e. The lowest BCUT2D eigenvalue weighted by Gasteiger charge is -2.24. The first-order valence-electron chi connectivity index (χ1n) is 18.1. The molecule has 9 rings (SSSR count). The molecule has 2 nitrogen and oxygen atoms in total. The van der Waals surface area contributed by atoms with Gasteiger partial charge in [0.1, 0.15) is 0 Å². The second kappa shape index (κ2) is 14.1. The van der Waals surface area contributed by atoms with Crippen LogP contribution >= 0.6 is 14.3 Å². The van der Waals surface area contributed by atoms with E-state index in [2.05, 4.69) is 84.9 Å². The molecule has 0 unspecified atom stereocenters. The average Bonchev–Trinajstić information content (AvgIpc) is 3.26. The van der Waals surface area contributed by atoms with Crippen LogP contribution in [0.15, 0.2) is 218 Å². The number of hydrogen-bond donors (Lipinski definition) is 0. The Morgan fingerprint density at radius 3 is 0.778 bits per heavy atom. The van der Waals surface area contributed by atoms with Crippen LogP contribution in [0.2, 0.25) is 0 Å². The molecule has 0 aliphatic carbocycles. The molecule has 9 aromatic carbocycles. The minimum atomic E-state index is -3.27. The standard InChI is InChI=1S/C50H36O2P2/c51-53(39-23-11-3-12-24-39,40-25-13-4-14-26-40)43-32-34-46-47(35-43)49(37-19-7-1-8-20-37)45-33-31-44(36-48(45)50(46)38-21-9-2-10-22-38)54(52,41-27-15-5-16-28-41)42-29-17-6-18-30-42/h1-36H. The van der Waals surface area contributed by atoms with Gasteiger partial charge >= 0.3 is 0 Å². The van der Waals surface area contributed by atoms with E-state index in [1.807, 2.05) is 133 Å². The molecule has 0 saturated heterocycles. The van der Waals surface area contributed by atoms with Gasteiger partial charge in [-0.15, -0.1) is 0 Å². The van der Waals surface area contributed by atoms with Crippen molar-refractivity contribution in [1.82, 2.24) is 0 Å². The van der Waals surface area contributed by atoms with E-state index in [0.29, 0.717) is 0 Å². The van der Waals surface area contributed by atoms with Gasteiger partial charge in [0.05, 0.1) is 0 Å². The molecule has 0 bridgehead atoms. The van der Waals surface area contributed by atoms with E-state index in [0.717, 1.165) is 75.6 Å². The van der Waals surface area contributed by atoms with Crippen molar-refractivity contribution >= 4 is 67.7 Å². The summed E-state index contributed by atoms with van der Waals surface area (Å²) in [6.07, 6.45) is 0. The molecule has 258 valence electrons. The van der Waals surface area contributed by atoms with E-state index >= 15 is 9.13 Å². The number of hydrogen-bond acceptors (Lipinski definition) is 2.